The van der Waals surface area contributed by atoms with Crippen LogP contribution >= 0.6 is 0 Å². The molecule has 0 aliphatic heterocycles. The smallest absolute Gasteiger partial charge is 0.306 e. The Morgan fingerprint density at radius 3 is 0.822 bits per heavy atom. The van der Waals surface area contributed by atoms with Gasteiger partial charge in [0.2, 0.25) is 0 Å². The maximum Gasteiger partial charge on any atom is 0.306 e. The normalized spacial score (nSPS) is 12.4. The maximum atomic E-state index is 12.9. The number of hydrogen-bond acceptors (Lipinski definition) is 6. The van der Waals surface area contributed by atoms with Gasteiger partial charge in [-0.3, -0.25) is 14.4 Å². The van der Waals surface area contributed by atoms with Crippen molar-refractivity contribution in [2.24, 2.45) is 0 Å². The highest BCUT2D eigenvalue weighted by atomic mass is 16.6. The van der Waals surface area contributed by atoms with Crippen molar-refractivity contribution in [1.82, 2.24) is 0 Å². The van der Waals surface area contributed by atoms with Gasteiger partial charge >= 0.3 is 17.9 Å². The molecule has 0 saturated heterocycles. The lowest BCUT2D eigenvalue weighted by molar-refractivity contribution is -0.167. The largest absolute Gasteiger partial charge is 0.462 e. The van der Waals surface area contributed by atoms with Crippen molar-refractivity contribution >= 4 is 17.9 Å². The molecule has 0 aromatic carbocycles. The SMILES string of the molecule is CCCC/C=C\CCCCCCCC(=O)OCC(COC(=O)CCCCCCCCCC/C=C\C/C=C\C/C=C\CCCCCCC)OC(=O)CCCCCCCCCCC/C=C\CCCCCCCCCC. The molecule has 0 spiro atoms. The van der Waals surface area contributed by atoms with E-state index in [1.807, 2.05) is 0 Å². The Labute approximate surface area is 453 Å². The van der Waals surface area contributed by atoms with Crippen molar-refractivity contribution < 1.29 is 28.6 Å². The molecule has 0 aromatic heterocycles. The van der Waals surface area contributed by atoms with E-state index in [1.54, 1.807) is 0 Å². The predicted octanol–water partition coefficient (Wildman–Crippen LogP) is 21.6. The van der Waals surface area contributed by atoms with Crippen molar-refractivity contribution in [2.75, 3.05) is 13.2 Å². The predicted molar refractivity (Wildman–Crippen MR) is 316 cm³/mol. The zero-order valence-electron chi connectivity index (χ0n) is 48.7. The zero-order chi connectivity index (χ0) is 52.9. The van der Waals surface area contributed by atoms with Crippen LogP contribution in [0.2, 0.25) is 0 Å². The molecule has 0 bridgehead atoms. The molecule has 0 aliphatic carbocycles. The van der Waals surface area contributed by atoms with E-state index in [1.165, 1.54) is 205 Å². The van der Waals surface area contributed by atoms with E-state index in [-0.39, 0.29) is 31.1 Å². The minimum absolute atomic E-state index is 0.0802. The third-order valence-corrected chi connectivity index (χ3v) is 14.0. The number of allylic oxidation sites excluding steroid dienone is 10. The quantitative estimate of drug-likeness (QED) is 0.0261. The average Bonchev–Trinajstić information content (AvgIpc) is 3.39. The molecule has 0 aliphatic rings. The van der Waals surface area contributed by atoms with Gasteiger partial charge in [0.05, 0.1) is 0 Å². The highest BCUT2D eigenvalue weighted by Gasteiger charge is 2.19. The molecule has 0 heterocycles. The Kier molecular flexibility index (Phi) is 59.2. The minimum Gasteiger partial charge on any atom is -0.462 e. The summed E-state index contributed by atoms with van der Waals surface area (Å²) >= 11 is 0. The van der Waals surface area contributed by atoms with Gasteiger partial charge in [0.1, 0.15) is 13.2 Å². The van der Waals surface area contributed by atoms with E-state index in [0.717, 1.165) is 83.5 Å². The van der Waals surface area contributed by atoms with Gasteiger partial charge in [-0.2, -0.15) is 0 Å². The first-order chi connectivity index (χ1) is 36.0. The number of rotatable bonds is 58. The maximum absolute atomic E-state index is 12.9. The molecule has 0 radical (unpaired) electrons. The summed E-state index contributed by atoms with van der Waals surface area (Å²) in [5.41, 5.74) is 0. The Balaban J connectivity index is 4.29. The Hall–Kier alpha value is -2.89. The summed E-state index contributed by atoms with van der Waals surface area (Å²) in [5.74, 6) is -0.884. The van der Waals surface area contributed by atoms with Crippen molar-refractivity contribution in [1.29, 1.82) is 0 Å². The first kappa shape index (κ1) is 70.1. The van der Waals surface area contributed by atoms with Crippen LogP contribution in [0.25, 0.3) is 0 Å². The fourth-order valence-corrected chi connectivity index (χ4v) is 9.13. The average molecular weight is 1020 g/mol. The van der Waals surface area contributed by atoms with Gasteiger partial charge in [-0.15, -0.1) is 0 Å². The van der Waals surface area contributed by atoms with Gasteiger partial charge in [-0.1, -0.05) is 268 Å². The summed E-state index contributed by atoms with van der Waals surface area (Å²) in [5, 5.41) is 0. The molecule has 0 amide bonds. The minimum atomic E-state index is -0.782. The molecule has 0 aromatic rings. The van der Waals surface area contributed by atoms with Crippen LogP contribution in [-0.2, 0) is 28.6 Å². The van der Waals surface area contributed by atoms with Crippen LogP contribution in [0.3, 0.4) is 0 Å². The van der Waals surface area contributed by atoms with E-state index < -0.39 is 6.10 Å². The van der Waals surface area contributed by atoms with E-state index in [2.05, 4.69) is 81.5 Å². The van der Waals surface area contributed by atoms with Crippen LogP contribution in [0.5, 0.6) is 0 Å². The molecule has 1 atom stereocenters. The van der Waals surface area contributed by atoms with Crippen molar-refractivity contribution in [3.05, 3.63) is 60.8 Å². The van der Waals surface area contributed by atoms with E-state index >= 15 is 0 Å². The van der Waals surface area contributed by atoms with Gasteiger partial charge in [0, 0.05) is 19.3 Å². The summed E-state index contributed by atoms with van der Waals surface area (Å²) in [6, 6.07) is 0. The van der Waals surface area contributed by atoms with Gasteiger partial charge in [0.25, 0.3) is 0 Å². The molecule has 0 N–H and O–H groups in total. The molecule has 0 fully saturated rings. The summed E-state index contributed by atoms with van der Waals surface area (Å²) in [6.45, 7) is 6.61. The lowest BCUT2D eigenvalue weighted by atomic mass is 10.1. The third kappa shape index (κ3) is 59.9. The topological polar surface area (TPSA) is 78.9 Å². The van der Waals surface area contributed by atoms with Crippen LogP contribution in [0.4, 0.5) is 0 Å². The van der Waals surface area contributed by atoms with Crippen molar-refractivity contribution in [3.63, 3.8) is 0 Å². The molecular formula is C67H120O6. The van der Waals surface area contributed by atoms with E-state index in [0.29, 0.717) is 19.3 Å². The number of carbonyl (C=O) groups excluding carboxylic acids is 3. The summed E-state index contributed by atoms with van der Waals surface area (Å²) in [7, 11) is 0. The van der Waals surface area contributed by atoms with E-state index in [4.69, 9.17) is 14.2 Å². The van der Waals surface area contributed by atoms with Crippen LogP contribution in [0.1, 0.15) is 329 Å². The second kappa shape index (κ2) is 61.7. The first-order valence-corrected chi connectivity index (χ1v) is 31.8. The summed E-state index contributed by atoms with van der Waals surface area (Å²) < 4.78 is 16.9. The highest BCUT2D eigenvalue weighted by Crippen LogP contribution is 2.16. The Morgan fingerprint density at radius 1 is 0.274 bits per heavy atom. The second-order valence-electron chi connectivity index (χ2n) is 21.3. The first-order valence-electron chi connectivity index (χ1n) is 31.8. The van der Waals surface area contributed by atoms with Crippen LogP contribution in [-0.4, -0.2) is 37.2 Å². The van der Waals surface area contributed by atoms with Crippen molar-refractivity contribution in [3.8, 4) is 0 Å². The van der Waals surface area contributed by atoms with Gasteiger partial charge < -0.3 is 14.2 Å². The third-order valence-electron chi connectivity index (χ3n) is 14.0. The van der Waals surface area contributed by atoms with Gasteiger partial charge in [0.15, 0.2) is 6.10 Å². The van der Waals surface area contributed by atoms with Crippen LogP contribution < -0.4 is 0 Å². The fraction of sp³-hybridized carbons (Fsp3) is 0.806. The van der Waals surface area contributed by atoms with Crippen LogP contribution in [0.15, 0.2) is 60.8 Å². The molecule has 6 nitrogen and oxygen atoms in total. The van der Waals surface area contributed by atoms with Gasteiger partial charge in [-0.05, 0) is 103 Å². The van der Waals surface area contributed by atoms with Crippen molar-refractivity contribution in [2.45, 2.75) is 335 Å². The lowest BCUT2D eigenvalue weighted by Gasteiger charge is -2.18. The molecule has 6 heteroatoms. The molecule has 73 heavy (non-hydrogen) atoms. The summed E-state index contributed by atoms with van der Waals surface area (Å²) in [4.78, 5) is 38.2. The van der Waals surface area contributed by atoms with Crippen LogP contribution in [0, 0.1) is 0 Å². The molecule has 424 valence electrons. The van der Waals surface area contributed by atoms with E-state index in [9.17, 15) is 14.4 Å². The number of carbonyl (C=O) groups is 3. The highest BCUT2D eigenvalue weighted by molar-refractivity contribution is 5.71. The monoisotopic (exact) mass is 1020 g/mol. The molecule has 1 unspecified atom stereocenters. The molecule has 0 saturated carbocycles. The number of ether oxygens (including phenoxy) is 3. The lowest BCUT2D eigenvalue weighted by Crippen LogP contribution is -2.30. The standard InChI is InChI=1S/C67H120O6/c1-4-7-10-13-16-19-22-24-26-28-30-32-33-35-36-38-40-42-45-48-51-54-57-60-66(69)72-63-64(62-71-65(68)59-56-53-50-47-44-21-18-15-12-9-6-3)73-67(70)61-58-55-52-49-46-43-41-39-37-34-31-29-27-25-23-20-17-14-11-8-5-2/h15,18,22,24,28-31,33,35,64H,4-14,16-17,19-21,23,25-27,32,34,36-63H2,1-3H3/b18-15-,24-22-,30-28-,31-29-,35-33-. The Bertz CT molecular complexity index is 1310. The molecule has 0 rings (SSSR count). The zero-order valence-corrected chi connectivity index (χ0v) is 48.7. The molecular weight excluding hydrogens is 901 g/mol. The van der Waals surface area contributed by atoms with Gasteiger partial charge in [-0.25, -0.2) is 0 Å². The Morgan fingerprint density at radius 2 is 0.507 bits per heavy atom. The number of esters is 3. The summed E-state index contributed by atoms with van der Waals surface area (Å²) in [6.07, 6.45) is 78.0. The number of unbranched alkanes of at least 4 members (excludes halogenated alkanes) is 37. The fourth-order valence-electron chi connectivity index (χ4n) is 9.13. The second-order valence-corrected chi connectivity index (χ2v) is 21.3. The number of hydrogen-bond donors (Lipinski definition) is 0.